The average Bonchev–Trinajstić information content (AvgIpc) is 2.55. The molecule has 120 valence electrons. The fourth-order valence-electron chi connectivity index (χ4n) is 2.30. The third kappa shape index (κ3) is 4.14. The third-order valence-electron chi connectivity index (χ3n) is 3.54. The van der Waals surface area contributed by atoms with E-state index in [-0.39, 0.29) is 30.3 Å². The lowest BCUT2D eigenvalue weighted by atomic mass is 10.1. The first-order valence-corrected chi connectivity index (χ1v) is 7.22. The Bertz CT molecular complexity index is 701. The molecule has 0 atom stereocenters. The van der Waals surface area contributed by atoms with E-state index in [0.717, 1.165) is 5.56 Å². The highest BCUT2D eigenvalue weighted by Crippen LogP contribution is 2.20. The molecule has 2 aromatic carbocycles. The Labute approximate surface area is 134 Å². The smallest absolute Gasteiger partial charge is 0.270 e. The zero-order valence-electron chi connectivity index (χ0n) is 12.8. The number of non-ortho nitro benzene ring substituents is 1. The third-order valence-corrected chi connectivity index (χ3v) is 3.54. The first-order chi connectivity index (χ1) is 11.0. The highest BCUT2D eigenvalue weighted by molar-refractivity contribution is 5.96. The first-order valence-electron chi connectivity index (χ1n) is 7.22. The van der Waals surface area contributed by atoms with Crippen LogP contribution in [-0.2, 0) is 6.54 Å². The molecule has 6 heteroatoms. The van der Waals surface area contributed by atoms with Crippen LogP contribution in [0.4, 0.5) is 5.69 Å². The van der Waals surface area contributed by atoms with Crippen LogP contribution >= 0.6 is 0 Å². The van der Waals surface area contributed by atoms with Crippen LogP contribution in [0.2, 0.25) is 0 Å². The summed E-state index contributed by atoms with van der Waals surface area (Å²) >= 11 is 0. The molecule has 0 bridgehead atoms. The van der Waals surface area contributed by atoms with Crippen LogP contribution in [0.25, 0.3) is 0 Å². The molecule has 0 unspecified atom stereocenters. The minimum Gasteiger partial charge on any atom is -0.395 e. The average molecular weight is 314 g/mol. The van der Waals surface area contributed by atoms with Crippen molar-refractivity contribution in [1.82, 2.24) is 4.90 Å². The molecular weight excluding hydrogens is 296 g/mol. The van der Waals surface area contributed by atoms with Crippen molar-refractivity contribution >= 4 is 11.6 Å². The number of aliphatic hydroxyl groups excluding tert-OH is 1. The van der Waals surface area contributed by atoms with Crippen molar-refractivity contribution in [2.45, 2.75) is 13.5 Å². The Hall–Kier alpha value is -2.73. The van der Waals surface area contributed by atoms with E-state index >= 15 is 0 Å². The lowest BCUT2D eigenvalue weighted by Gasteiger charge is -2.22. The molecule has 1 N–H and O–H groups in total. The fraction of sp³-hybridized carbons (Fsp3) is 0.235. The second kappa shape index (κ2) is 7.51. The van der Waals surface area contributed by atoms with Gasteiger partial charge in [-0.25, -0.2) is 0 Å². The van der Waals surface area contributed by atoms with Crippen molar-refractivity contribution in [2.75, 3.05) is 13.2 Å². The number of nitro groups is 1. The summed E-state index contributed by atoms with van der Waals surface area (Å²) in [6.45, 7) is 2.06. The number of carbonyl (C=O) groups excluding carboxylic acids is 1. The quantitative estimate of drug-likeness (QED) is 0.656. The van der Waals surface area contributed by atoms with E-state index in [4.69, 9.17) is 0 Å². The maximum atomic E-state index is 12.7. The molecule has 2 aromatic rings. The van der Waals surface area contributed by atoms with E-state index in [9.17, 15) is 20.0 Å². The topological polar surface area (TPSA) is 83.7 Å². The number of hydrogen-bond acceptors (Lipinski definition) is 4. The standard InChI is InChI=1S/C17H18N2O4/c1-13-7-8-15(19(22)23)11-16(13)17(21)18(9-10-20)12-14-5-3-2-4-6-14/h2-8,11,20H,9-10,12H2,1H3. The van der Waals surface area contributed by atoms with Crippen molar-refractivity contribution in [1.29, 1.82) is 0 Å². The maximum absolute atomic E-state index is 12.7. The lowest BCUT2D eigenvalue weighted by molar-refractivity contribution is -0.384. The number of benzene rings is 2. The highest BCUT2D eigenvalue weighted by Gasteiger charge is 2.20. The number of rotatable bonds is 6. The number of nitrogens with zero attached hydrogens (tertiary/aromatic N) is 2. The number of carbonyl (C=O) groups is 1. The predicted octanol–water partition coefficient (Wildman–Crippen LogP) is 2.54. The van der Waals surface area contributed by atoms with E-state index in [2.05, 4.69) is 0 Å². The van der Waals surface area contributed by atoms with Gasteiger partial charge in [0.1, 0.15) is 0 Å². The van der Waals surface area contributed by atoms with Crippen LogP contribution in [-0.4, -0.2) is 34.0 Å². The molecule has 0 spiro atoms. The van der Waals surface area contributed by atoms with Crippen LogP contribution in [0, 0.1) is 17.0 Å². The Morgan fingerprint density at radius 2 is 1.91 bits per heavy atom. The molecule has 0 aliphatic heterocycles. The number of hydrogen-bond donors (Lipinski definition) is 1. The van der Waals surface area contributed by atoms with Gasteiger partial charge in [0.2, 0.25) is 0 Å². The van der Waals surface area contributed by atoms with Gasteiger partial charge in [-0.05, 0) is 18.1 Å². The van der Waals surface area contributed by atoms with Gasteiger partial charge in [-0.1, -0.05) is 36.4 Å². The lowest BCUT2D eigenvalue weighted by Crippen LogP contribution is -2.33. The van der Waals surface area contributed by atoms with Gasteiger partial charge in [-0.15, -0.1) is 0 Å². The molecule has 6 nitrogen and oxygen atoms in total. The highest BCUT2D eigenvalue weighted by atomic mass is 16.6. The van der Waals surface area contributed by atoms with Crippen LogP contribution in [0.3, 0.4) is 0 Å². The maximum Gasteiger partial charge on any atom is 0.270 e. The van der Waals surface area contributed by atoms with Gasteiger partial charge in [0.15, 0.2) is 0 Å². The van der Waals surface area contributed by atoms with Gasteiger partial charge >= 0.3 is 0 Å². The molecule has 0 heterocycles. The zero-order chi connectivity index (χ0) is 16.8. The Kier molecular flexibility index (Phi) is 5.43. The summed E-state index contributed by atoms with van der Waals surface area (Å²) in [4.78, 5) is 24.6. The van der Waals surface area contributed by atoms with E-state index in [1.807, 2.05) is 30.3 Å². The minimum atomic E-state index is -0.524. The van der Waals surface area contributed by atoms with Crippen molar-refractivity contribution in [3.8, 4) is 0 Å². The van der Waals surface area contributed by atoms with Gasteiger partial charge in [0.25, 0.3) is 11.6 Å². The first kappa shape index (κ1) is 16.6. The molecule has 23 heavy (non-hydrogen) atoms. The molecule has 0 saturated heterocycles. The molecule has 2 rings (SSSR count). The summed E-state index contributed by atoms with van der Waals surface area (Å²) in [6, 6.07) is 13.6. The van der Waals surface area contributed by atoms with E-state index in [1.165, 1.54) is 17.0 Å². The van der Waals surface area contributed by atoms with Crippen LogP contribution in [0.15, 0.2) is 48.5 Å². The predicted molar refractivity (Wildman–Crippen MR) is 86.1 cm³/mol. The normalized spacial score (nSPS) is 10.3. The second-order valence-corrected chi connectivity index (χ2v) is 5.19. The van der Waals surface area contributed by atoms with Crippen molar-refractivity contribution in [3.63, 3.8) is 0 Å². The molecule has 1 amide bonds. The molecule has 0 saturated carbocycles. The molecular formula is C17H18N2O4. The largest absolute Gasteiger partial charge is 0.395 e. The van der Waals surface area contributed by atoms with Crippen molar-refractivity contribution in [3.05, 3.63) is 75.3 Å². The second-order valence-electron chi connectivity index (χ2n) is 5.19. The SMILES string of the molecule is Cc1ccc([N+](=O)[O-])cc1C(=O)N(CCO)Cc1ccccc1. The summed E-state index contributed by atoms with van der Waals surface area (Å²) in [7, 11) is 0. The summed E-state index contributed by atoms with van der Waals surface area (Å²) < 4.78 is 0. The van der Waals surface area contributed by atoms with E-state index in [1.54, 1.807) is 13.0 Å². The van der Waals surface area contributed by atoms with E-state index in [0.29, 0.717) is 12.1 Å². The number of aryl methyl sites for hydroxylation is 1. The molecule has 0 fully saturated rings. The fourth-order valence-corrected chi connectivity index (χ4v) is 2.30. The summed E-state index contributed by atoms with van der Waals surface area (Å²) in [5, 5.41) is 20.1. The molecule has 0 radical (unpaired) electrons. The monoisotopic (exact) mass is 314 g/mol. The van der Waals surface area contributed by atoms with Crippen molar-refractivity contribution < 1.29 is 14.8 Å². The van der Waals surface area contributed by atoms with Gasteiger partial charge in [0.05, 0.1) is 11.5 Å². The Morgan fingerprint density at radius 1 is 1.22 bits per heavy atom. The molecule has 0 aliphatic carbocycles. The summed E-state index contributed by atoms with van der Waals surface area (Å²) in [5.41, 5.74) is 1.75. The summed E-state index contributed by atoms with van der Waals surface area (Å²) in [6.07, 6.45) is 0. The van der Waals surface area contributed by atoms with Crippen LogP contribution in [0.1, 0.15) is 21.5 Å². The number of nitro benzene ring substituents is 1. The van der Waals surface area contributed by atoms with Crippen molar-refractivity contribution in [2.24, 2.45) is 0 Å². The van der Waals surface area contributed by atoms with E-state index < -0.39 is 4.92 Å². The summed E-state index contributed by atoms with van der Waals surface area (Å²) in [5.74, 6) is -0.330. The van der Waals surface area contributed by atoms with Gasteiger partial charge in [0, 0.05) is 30.8 Å². The number of aliphatic hydroxyl groups is 1. The number of amides is 1. The van der Waals surface area contributed by atoms with Crippen LogP contribution < -0.4 is 0 Å². The minimum absolute atomic E-state index is 0.123. The Morgan fingerprint density at radius 3 is 2.52 bits per heavy atom. The van der Waals surface area contributed by atoms with Gasteiger partial charge < -0.3 is 10.0 Å². The van der Waals surface area contributed by atoms with Crippen LogP contribution in [0.5, 0.6) is 0 Å². The van der Waals surface area contributed by atoms with Gasteiger partial charge in [-0.3, -0.25) is 14.9 Å². The molecule has 0 aromatic heterocycles. The van der Waals surface area contributed by atoms with Gasteiger partial charge in [-0.2, -0.15) is 0 Å². The molecule has 0 aliphatic rings. The zero-order valence-corrected chi connectivity index (χ0v) is 12.8. The Balaban J connectivity index is 2.30.